The number of nitrogens with zero attached hydrogens (tertiary/aromatic N) is 2. The van der Waals surface area contributed by atoms with E-state index in [0.29, 0.717) is 17.1 Å². The van der Waals surface area contributed by atoms with Gasteiger partial charge in [-0.1, -0.05) is 74.9 Å². The Labute approximate surface area is 255 Å². The van der Waals surface area contributed by atoms with Gasteiger partial charge in [-0.05, 0) is 47.7 Å². The van der Waals surface area contributed by atoms with Crippen molar-refractivity contribution in [3.05, 3.63) is 82.9 Å². The Morgan fingerprint density at radius 1 is 1.16 bits per heavy atom. The molecular weight excluding hydrogens is 599 g/mol. The predicted molar refractivity (Wildman–Crippen MR) is 157 cm³/mol. The number of carbonyl (C=O) groups excluding carboxylic acids is 2. The van der Waals surface area contributed by atoms with Crippen molar-refractivity contribution < 1.29 is 37.3 Å². The number of amides is 1. The third kappa shape index (κ3) is 5.55. The summed E-state index contributed by atoms with van der Waals surface area (Å²) in [5.41, 5.74) is -2.98. The third-order valence-electron chi connectivity index (χ3n) is 7.97. The second-order valence-corrected chi connectivity index (χ2v) is 14.5. The van der Waals surface area contributed by atoms with Crippen LogP contribution >= 0.6 is 11.6 Å². The van der Waals surface area contributed by atoms with Crippen molar-refractivity contribution in [2.24, 2.45) is 10.8 Å². The fraction of sp³-hybridized carbons (Fsp3) is 0.387. The summed E-state index contributed by atoms with van der Waals surface area (Å²) in [5.74, 6) is -2.71. The normalized spacial score (nSPS) is 25.8. The molecule has 1 heterocycles. The van der Waals surface area contributed by atoms with E-state index < -0.39 is 61.8 Å². The van der Waals surface area contributed by atoms with Crippen LogP contribution in [0.2, 0.25) is 0 Å². The van der Waals surface area contributed by atoms with Gasteiger partial charge in [0.15, 0.2) is 15.3 Å². The average molecular weight is 631 g/mol. The van der Waals surface area contributed by atoms with Gasteiger partial charge in [-0.2, -0.15) is 10.5 Å². The number of carbonyl (C=O) groups is 2. The predicted octanol–water partition coefficient (Wildman–Crippen LogP) is 5.73. The topological polar surface area (TPSA) is 134 Å². The lowest BCUT2D eigenvalue weighted by Gasteiger charge is -2.47. The lowest BCUT2D eigenvalue weighted by Crippen LogP contribution is -2.65. The maximum absolute atomic E-state index is 14.6. The Bertz CT molecular complexity index is 1630. The van der Waals surface area contributed by atoms with E-state index in [9.17, 15) is 32.9 Å². The number of allylic oxidation sites excluding steroid dienone is 2. The molecule has 2 aromatic rings. The number of hydrogen-bond acceptors (Lipinski definition) is 8. The largest absolute Gasteiger partial charge is 0.457 e. The highest BCUT2D eigenvalue weighted by atomic mass is 35.5. The molecule has 1 fully saturated rings. The highest BCUT2D eigenvalue weighted by Crippen LogP contribution is 2.55. The number of alkyl halides is 1. The number of nitriles is 1. The number of rotatable bonds is 7. The number of para-hydroxylation sites is 1. The van der Waals surface area contributed by atoms with Gasteiger partial charge in [-0.25, -0.2) is 17.6 Å². The summed E-state index contributed by atoms with van der Waals surface area (Å²) in [7, 11) is -4.68. The average Bonchev–Trinajstić information content (AvgIpc) is 3.34. The first kappa shape index (κ1) is 32.2. The molecule has 0 saturated carbocycles. The van der Waals surface area contributed by atoms with Crippen LogP contribution in [0.5, 0.6) is 11.5 Å². The number of halogens is 2. The number of benzene rings is 2. The first-order chi connectivity index (χ1) is 20.1. The van der Waals surface area contributed by atoms with Gasteiger partial charge in [-0.3, -0.25) is 9.68 Å². The van der Waals surface area contributed by atoms with E-state index in [1.807, 2.05) is 12.1 Å². The van der Waals surface area contributed by atoms with E-state index >= 15 is 0 Å². The molecule has 1 N–H and O–H groups in total. The molecule has 43 heavy (non-hydrogen) atoms. The zero-order chi connectivity index (χ0) is 31.8. The standard InChI is InChI=1S/C31H32ClFN2O7S/c1-29(2,3)25-13-14-31(28(37)42-38,27(36)35-18-21(33)16-22(35)17-34)30(4,26(25)32)43(39,40)19-20-9-8-12-24(15-20)41-23-10-6-5-7-11-23/h5-15,21-22,38H,16,18-19H2,1-4H3/t21-,22-,30?,31+/m0/s1. The van der Waals surface area contributed by atoms with Gasteiger partial charge in [0.2, 0.25) is 5.91 Å². The zero-order valence-corrected chi connectivity index (χ0v) is 25.7. The van der Waals surface area contributed by atoms with E-state index in [1.54, 1.807) is 57.2 Å². The number of likely N-dealkylation sites (tertiary alicyclic amines) is 1. The van der Waals surface area contributed by atoms with Gasteiger partial charge in [-0.15, -0.1) is 0 Å². The van der Waals surface area contributed by atoms with Crippen LogP contribution in [0.25, 0.3) is 0 Å². The second kappa shape index (κ2) is 11.8. The lowest BCUT2D eigenvalue weighted by molar-refractivity contribution is -0.244. The quantitative estimate of drug-likeness (QED) is 0.233. The lowest BCUT2D eigenvalue weighted by atomic mass is 9.67. The van der Waals surface area contributed by atoms with Crippen LogP contribution in [-0.4, -0.2) is 54.0 Å². The molecule has 1 amide bonds. The van der Waals surface area contributed by atoms with Crippen molar-refractivity contribution in [3.63, 3.8) is 0 Å². The van der Waals surface area contributed by atoms with Crippen molar-refractivity contribution in [2.45, 2.75) is 56.8 Å². The molecular formula is C31H32ClFN2O7S. The number of sulfone groups is 1. The fourth-order valence-electron chi connectivity index (χ4n) is 5.57. The summed E-state index contributed by atoms with van der Waals surface area (Å²) >= 11 is 6.92. The number of hydrogen-bond donors (Lipinski definition) is 1. The van der Waals surface area contributed by atoms with Crippen molar-refractivity contribution in [1.82, 2.24) is 4.90 Å². The van der Waals surface area contributed by atoms with Crippen LogP contribution in [0.1, 0.15) is 39.7 Å². The van der Waals surface area contributed by atoms with E-state index in [2.05, 4.69) is 4.89 Å². The van der Waals surface area contributed by atoms with Gasteiger partial charge in [0.1, 0.15) is 28.5 Å². The van der Waals surface area contributed by atoms with Gasteiger partial charge >= 0.3 is 5.97 Å². The number of ether oxygens (including phenoxy) is 1. The van der Waals surface area contributed by atoms with Crippen LogP contribution in [0.4, 0.5) is 4.39 Å². The van der Waals surface area contributed by atoms with Crippen LogP contribution in [-0.2, 0) is 30.1 Å². The molecule has 1 aliphatic heterocycles. The molecule has 1 unspecified atom stereocenters. The summed E-state index contributed by atoms with van der Waals surface area (Å²) in [5, 5.41) is 18.9. The summed E-state index contributed by atoms with van der Waals surface area (Å²) in [6.45, 7) is 5.86. The molecule has 1 aliphatic carbocycles. The van der Waals surface area contributed by atoms with Crippen molar-refractivity contribution >= 4 is 33.3 Å². The van der Waals surface area contributed by atoms with Gasteiger partial charge in [0.05, 0.1) is 18.4 Å². The molecule has 9 nitrogen and oxygen atoms in total. The second-order valence-electron chi connectivity index (χ2n) is 11.8. The Hall–Kier alpha value is -3.72. The maximum Gasteiger partial charge on any atom is 0.363 e. The zero-order valence-electron chi connectivity index (χ0n) is 24.1. The minimum atomic E-state index is -4.68. The van der Waals surface area contributed by atoms with Gasteiger partial charge < -0.3 is 9.64 Å². The highest BCUT2D eigenvalue weighted by Gasteiger charge is 2.70. The molecule has 4 atom stereocenters. The molecule has 0 radical (unpaired) electrons. The Kier molecular flexibility index (Phi) is 8.80. The van der Waals surface area contributed by atoms with Crippen LogP contribution < -0.4 is 4.74 Å². The smallest absolute Gasteiger partial charge is 0.363 e. The van der Waals surface area contributed by atoms with E-state index in [0.717, 1.165) is 17.9 Å². The molecule has 0 spiro atoms. The van der Waals surface area contributed by atoms with Crippen molar-refractivity contribution in [3.8, 4) is 17.6 Å². The maximum atomic E-state index is 14.6. The van der Waals surface area contributed by atoms with Crippen LogP contribution in [0, 0.1) is 22.2 Å². The Balaban J connectivity index is 1.90. The Morgan fingerprint density at radius 2 is 1.81 bits per heavy atom. The SMILES string of the molecule is CC(C)(C)C1=C(Cl)C(C)(S(=O)(=O)Cc2cccc(Oc3ccccc3)c2)[C@@](C(=O)OO)(C(=O)N2C[C@@H](F)C[C@H]2C#N)C=C1. The first-order valence-electron chi connectivity index (χ1n) is 13.5. The fourth-order valence-corrected chi connectivity index (χ4v) is 8.44. The third-order valence-corrected chi connectivity index (χ3v) is 11.2. The highest BCUT2D eigenvalue weighted by molar-refractivity contribution is 7.92. The van der Waals surface area contributed by atoms with Gasteiger partial charge in [0, 0.05) is 11.5 Å². The summed E-state index contributed by atoms with van der Waals surface area (Å²) in [4.78, 5) is 32.7. The molecule has 2 aliphatic rings. The molecule has 1 saturated heterocycles. The van der Waals surface area contributed by atoms with Crippen molar-refractivity contribution in [1.29, 1.82) is 5.26 Å². The van der Waals surface area contributed by atoms with Crippen LogP contribution in [0.3, 0.4) is 0 Å². The van der Waals surface area contributed by atoms with Gasteiger partial charge in [0.25, 0.3) is 0 Å². The first-order valence-corrected chi connectivity index (χ1v) is 15.5. The molecule has 4 rings (SSSR count). The summed E-state index contributed by atoms with van der Waals surface area (Å²) in [6, 6.07) is 15.6. The minimum Gasteiger partial charge on any atom is -0.457 e. The Morgan fingerprint density at radius 3 is 2.42 bits per heavy atom. The molecule has 228 valence electrons. The molecule has 2 aromatic carbocycles. The molecule has 0 bridgehead atoms. The van der Waals surface area contributed by atoms with E-state index in [1.165, 1.54) is 18.2 Å². The minimum absolute atomic E-state index is 0.254. The molecule has 12 heteroatoms. The summed E-state index contributed by atoms with van der Waals surface area (Å²) < 4.78 is 47.0. The van der Waals surface area contributed by atoms with Crippen molar-refractivity contribution in [2.75, 3.05) is 6.54 Å². The monoisotopic (exact) mass is 630 g/mol. The van der Waals surface area contributed by atoms with E-state index in [4.69, 9.17) is 16.3 Å². The molecule has 0 aromatic heterocycles. The van der Waals surface area contributed by atoms with E-state index in [-0.39, 0.29) is 17.0 Å². The van der Waals surface area contributed by atoms with Crippen LogP contribution in [0.15, 0.2) is 77.4 Å². The summed E-state index contributed by atoms with van der Waals surface area (Å²) in [6.07, 6.45) is 0.458.